The van der Waals surface area contributed by atoms with Crippen LogP contribution in [0.25, 0.3) is 0 Å². The molecule has 0 unspecified atom stereocenters. The largest absolute Gasteiger partial charge is 0.492 e. The summed E-state index contributed by atoms with van der Waals surface area (Å²) < 4.78 is 5.62. The number of hydrogen-bond acceptors (Lipinski definition) is 3. The number of ether oxygens (including phenoxy) is 1. The molecule has 2 rings (SSSR count). The number of rotatable bonds is 5. The van der Waals surface area contributed by atoms with E-state index in [0.29, 0.717) is 12.5 Å². The summed E-state index contributed by atoms with van der Waals surface area (Å²) in [5, 5.41) is 0. The molecule has 0 atom stereocenters. The van der Waals surface area contributed by atoms with Crippen molar-refractivity contribution in [1.82, 2.24) is 4.98 Å². The molecule has 1 aliphatic carbocycles. The molecule has 1 aromatic rings. The summed E-state index contributed by atoms with van der Waals surface area (Å²) in [6.45, 7) is 3.36. The molecular formula is C13H20N2O. The van der Waals surface area contributed by atoms with Crippen LogP contribution in [-0.4, -0.2) is 11.6 Å². The van der Waals surface area contributed by atoms with E-state index in [1.54, 1.807) is 0 Å². The van der Waals surface area contributed by atoms with Gasteiger partial charge in [0.05, 0.1) is 12.8 Å². The molecule has 0 spiro atoms. The first-order valence-corrected chi connectivity index (χ1v) is 6.16. The first kappa shape index (κ1) is 11.4. The normalized spacial score (nSPS) is 15.9. The van der Waals surface area contributed by atoms with Crippen molar-refractivity contribution in [2.24, 2.45) is 5.73 Å². The fourth-order valence-electron chi connectivity index (χ4n) is 1.93. The van der Waals surface area contributed by atoms with Crippen molar-refractivity contribution in [3.05, 3.63) is 23.5 Å². The van der Waals surface area contributed by atoms with Gasteiger partial charge in [-0.2, -0.15) is 0 Å². The maximum absolute atomic E-state index is 5.74. The zero-order valence-electron chi connectivity index (χ0n) is 9.91. The smallest absolute Gasteiger partial charge is 0.142 e. The average molecular weight is 220 g/mol. The van der Waals surface area contributed by atoms with Gasteiger partial charge in [0, 0.05) is 23.7 Å². The summed E-state index contributed by atoms with van der Waals surface area (Å²) in [7, 11) is 0. The van der Waals surface area contributed by atoms with E-state index in [2.05, 4.69) is 18.0 Å². The summed E-state index contributed by atoms with van der Waals surface area (Å²) in [5.74, 6) is 1.51. The zero-order chi connectivity index (χ0) is 11.4. The highest BCUT2D eigenvalue weighted by Crippen LogP contribution is 2.36. The molecule has 1 fully saturated rings. The molecule has 1 aromatic heterocycles. The van der Waals surface area contributed by atoms with Crippen LogP contribution in [0.5, 0.6) is 5.75 Å². The van der Waals surface area contributed by atoms with Gasteiger partial charge in [-0.15, -0.1) is 0 Å². The lowest BCUT2D eigenvalue weighted by Crippen LogP contribution is -2.12. The fourth-order valence-corrected chi connectivity index (χ4v) is 1.93. The highest BCUT2D eigenvalue weighted by molar-refractivity contribution is 5.33. The Morgan fingerprint density at radius 3 is 2.88 bits per heavy atom. The number of aromatic nitrogens is 1. The SMILES string of the molecule is CCCOc1cnc(C2CCC2)cc1CN. The van der Waals surface area contributed by atoms with E-state index < -0.39 is 0 Å². The summed E-state index contributed by atoms with van der Waals surface area (Å²) >= 11 is 0. The van der Waals surface area contributed by atoms with E-state index in [9.17, 15) is 0 Å². The third-order valence-corrected chi connectivity index (χ3v) is 3.17. The highest BCUT2D eigenvalue weighted by Gasteiger charge is 2.21. The minimum absolute atomic E-state index is 0.529. The van der Waals surface area contributed by atoms with Gasteiger partial charge in [0.15, 0.2) is 0 Å². The molecular weight excluding hydrogens is 200 g/mol. The molecule has 1 aliphatic rings. The summed E-state index contributed by atoms with van der Waals surface area (Å²) in [6.07, 6.45) is 6.72. The van der Waals surface area contributed by atoms with Crippen molar-refractivity contribution in [2.75, 3.05) is 6.61 Å². The maximum Gasteiger partial charge on any atom is 0.142 e. The first-order valence-electron chi connectivity index (χ1n) is 6.16. The van der Waals surface area contributed by atoms with Crippen LogP contribution in [0.3, 0.4) is 0 Å². The van der Waals surface area contributed by atoms with Crippen LogP contribution in [-0.2, 0) is 6.54 Å². The van der Waals surface area contributed by atoms with Crippen molar-refractivity contribution in [3.8, 4) is 5.75 Å². The van der Waals surface area contributed by atoms with E-state index in [1.807, 2.05) is 6.20 Å². The quantitative estimate of drug-likeness (QED) is 0.829. The molecule has 3 nitrogen and oxygen atoms in total. The molecule has 0 saturated heterocycles. The first-order chi connectivity index (χ1) is 7.85. The predicted molar refractivity (Wildman–Crippen MR) is 64.5 cm³/mol. The molecule has 0 aromatic carbocycles. The lowest BCUT2D eigenvalue weighted by Gasteiger charge is -2.25. The van der Waals surface area contributed by atoms with E-state index in [4.69, 9.17) is 10.5 Å². The topological polar surface area (TPSA) is 48.1 Å². The Balaban J connectivity index is 2.13. The number of pyridine rings is 1. The third kappa shape index (κ3) is 2.35. The second-order valence-electron chi connectivity index (χ2n) is 4.40. The van der Waals surface area contributed by atoms with Gasteiger partial charge < -0.3 is 10.5 Å². The van der Waals surface area contributed by atoms with Gasteiger partial charge >= 0.3 is 0 Å². The molecule has 16 heavy (non-hydrogen) atoms. The van der Waals surface area contributed by atoms with E-state index in [1.165, 1.54) is 25.0 Å². The Morgan fingerprint density at radius 1 is 1.50 bits per heavy atom. The third-order valence-electron chi connectivity index (χ3n) is 3.17. The van der Waals surface area contributed by atoms with Crippen LogP contribution in [0.2, 0.25) is 0 Å². The fraction of sp³-hybridized carbons (Fsp3) is 0.615. The van der Waals surface area contributed by atoms with E-state index in [0.717, 1.165) is 24.3 Å². The lowest BCUT2D eigenvalue weighted by atomic mass is 9.82. The number of nitrogens with zero attached hydrogens (tertiary/aromatic N) is 1. The van der Waals surface area contributed by atoms with Crippen molar-refractivity contribution in [3.63, 3.8) is 0 Å². The monoisotopic (exact) mass is 220 g/mol. The highest BCUT2D eigenvalue weighted by atomic mass is 16.5. The molecule has 3 heteroatoms. The van der Waals surface area contributed by atoms with Crippen LogP contribution >= 0.6 is 0 Å². The lowest BCUT2D eigenvalue weighted by molar-refractivity contribution is 0.312. The molecule has 88 valence electrons. The predicted octanol–water partition coefficient (Wildman–Crippen LogP) is 2.60. The molecule has 2 N–H and O–H groups in total. The van der Waals surface area contributed by atoms with Crippen molar-refractivity contribution >= 4 is 0 Å². The molecule has 0 radical (unpaired) electrons. The second kappa shape index (κ2) is 5.30. The Labute approximate surface area is 97.0 Å². The standard InChI is InChI=1S/C13H20N2O/c1-2-6-16-13-9-15-12(7-11(13)8-14)10-4-3-5-10/h7,9-10H,2-6,8,14H2,1H3. The Bertz CT molecular complexity index is 348. The van der Waals surface area contributed by atoms with Gasteiger partial charge in [0.2, 0.25) is 0 Å². The summed E-state index contributed by atoms with van der Waals surface area (Å²) in [4.78, 5) is 4.48. The molecule has 0 bridgehead atoms. The molecule has 0 amide bonds. The van der Waals surface area contributed by atoms with Gasteiger partial charge in [0.1, 0.15) is 5.75 Å². The van der Waals surface area contributed by atoms with Crippen molar-refractivity contribution in [2.45, 2.75) is 45.1 Å². The van der Waals surface area contributed by atoms with Gasteiger partial charge in [0.25, 0.3) is 0 Å². The van der Waals surface area contributed by atoms with Crippen LogP contribution in [0.15, 0.2) is 12.3 Å². The second-order valence-corrected chi connectivity index (χ2v) is 4.40. The molecule has 1 heterocycles. The summed E-state index contributed by atoms with van der Waals surface area (Å²) in [6, 6.07) is 2.12. The van der Waals surface area contributed by atoms with Crippen LogP contribution in [0.1, 0.15) is 49.8 Å². The molecule has 0 aliphatic heterocycles. The van der Waals surface area contributed by atoms with Gasteiger partial charge in [-0.1, -0.05) is 13.3 Å². The van der Waals surface area contributed by atoms with Crippen LogP contribution in [0, 0.1) is 0 Å². The van der Waals surface area contributed by atoms with E-state index >= 15 is 0 Å². The van der Waals surface area contributed by atoms with Gasteiger partial charge in [-0.05, 0) is 25.3 Å². The van der Waals surface area contributed by atoms with Gasteiger partial charge in [-0.25, -0.2) is 0 Å². The van der Waals surface area contributed by atoms with Crippen LogP contribution < -0.4 is 10.5 Å². The van der Waals surface area contributed by atoms with Crippen LogP contribution in [0.4, 0.5) is 0 Å². The Kier molecular flexibility index (Phi) is 3.78. The minimum atomic E-state index is 0.529. The molecule has 1 saturated carbocycles. The van der Waals surface area contributed by atoms with Gasteiger partial charge in [-0.3, -0.25) is 4.98 Å². The Hall–Kier alpha value is -1.09. The number of nitrogens with two attached hydrogens (primary N) is 1. The number of hydrogen-bond donors (Lipinski definition) is 1. The van der Waals surface area contributed by atoms with E-state index in [-0.39, 0.29) is 0 Å². The average Bonchev–Trinajstić information content (AvgIpc) is 2.25. The zero-order valence-corrected chi connectivity index (χ0v) is 9.91. The Morgan fingerprint density at radius 2 is 2.31 bits per heavy atom. The van der Waals surface area contributed by atoms with Crippen molar-refractivity contribution < 1.29 is 4.74 Å². The summed E-state index contributed by atoms with van der Waals surface area (Å²) in [5.41, 5.74) is 8.02. The minimum Gasteiger partial charge on any atom is -0.492 e. The van der Waals surface area contributed by atoms with Crippen molar-refractivity contribution in [1.29, 1.82) is 0 Å². The maximum atomic E-state index is 5.74.